The molecule has 1 fully saturated rings. The first kappa shape index (κ1) is 13.7. The molecule has 19 heavy (non-hydrogen) atoms. The Morgan fingerprint density at radius 1 is 1.47 bits per heavy atom. The summed E-state index contributed by atoms with van der Waals surface area (Å²) in [6.45, 7) is 2.28. The molecule has 4 heteroatoms. The second-order valence-electron chi connectivity index (χ2n) is 5.18. The van der Waals surface area contributed by atoms with Crippen molar-refractivity contribution in [1.82, 2.24) is 5.32 Å². The number of halogens is 1. The van der Waals surface area contributed by atoms with Gasteiger partial charge in [-0.05, 0) is 31.4 Å². The van der Waals surface area contributed by atoms with E-state index in [1.165, 1.54) is 12.1 Å². The zero-order valence-electron chi connectivity index (χ0n) is 10.9. The Morgan fingerprint density at radius 3 is 2.74 bits per heavy atom. The van der Waals surface area contributed by atoms with Crippen LogP contribution in [0.15, 0.2) is 30.3 Å². The predicted octanol–water partition coefficient (Wildman–Crippen LogP) is 2.12. The second-order valence-corrected chi connectivity index (χ2v) is 5.18. The Labute approximate surface area is 112 Å². The molecule has 102 valence electrons. The lowest BCUT2D eigenvalue weighted by atomic mass is 10.1. The number of hydrogen-bond acceptors (Lipinski definition) is 2. The normalized spacial score (nSPS) is 17.1. The van der Waals surface area contributed by atoms with E-state index < -0.39 is 0 Å². The fourth-order valence-electron chi connectivity index (χ4n) is 1.95. The average molecular weight is 263 g/mol. The number of aliphatic hydroxyl groups is 1. The molecule has 0 heterocycles. The molecule has 1 amide bonds. The molecule has 3 nitrogen and oxygen atoms in total. The Morgan fingerprint density at radius 2 is 2.16 bits per heavy atom. The molecule has 1 saturated carbocycles. The average Bonchev–Trinajstić information content (AvgIpc) is 3.17. The van der Waals surface area contributed by atoms with Crippen LogP contribution >= 0.6 is 0 Å². The molecule has 0 bridgehead atoms. The minimum atomic E-state index is -0.335. The predicted molar refractivity (Wildman–Crippen MR) is 71.8 cm³/mol. The van der Waals surface area contributed by atoms with E-state index in [-0.39, 0.29) is 23.7 Å². The summed E-state index contributed by atoms with van der Waals surface area (Å²) in [6.07, 6.45) is 3.28. The van der Waals surface area contributed by atoms with Crippen molar-refractivity contribution in [2.75, 3.05) is 13.2 Å². The van der Waals surface area contributed by atoms with Gasteiger partial charge in [0.1, 0.15) is 5.82 Å². The standard InChI is InChI=1S/C15H18FNO2/c1-11(12-4-2-3-5-13(12)16)8-14(19)17-9-15(10-18)6-7-15/h2-5,8,18H,6-7,9-10H2,1H3,(H,17,19)/b11-8-. The molecule has 0 atom stereocenters. The van der Waals surface area contributed by atoms with Gasteiger partial charge in [0.15, 0.2) is 0 Å². The van der Waals surface area contributed by atoms with Gasteiger partial charge in [-0.3, -0.25) is 4.79 Å². The maximum Gasteiger partial charge on any atom is 0.244 e. The van der Waals surface area contributed by atoms with Gasteiger partial charge in [-0.25, -0.2) is 4.39 Å². The van der Waals surface area contributed by atoms with Crippen molar-refractivity contribution in [2.45, 2.75) is 19.8 Å². The highest BCUT2D eigenvalue weighted by Crippen LogP contribution is 2.44. The maximum absolute atomic E-state index is 13.5. The fourth-order valence-corrected chi connectivity index (χ4v) is 1.95. The van der Waals surface area contributed by atoms with E-state index in [9.17, 15) is 9.18 Å². The van der Waals surface area contributed by atoms with Gasteiger partial charge in [-0.15, -0.1) is 0 Å². The van der Waals surface area contributed by atoms with Gasteiger partial charge in [0.2, 0.25) is 5.91 Å². The molecule has 2 rings (SSSR count). The van der Waals surface area contributed by atoms with E-state index in [0.717, 1.165) is 12.8 Å². The highest BCUT2D eigenvalue weighted by Gasteiger charge is 2.41. The summed E-state index contributed by atoms with van der Waals surface area (Å²) in [6, 6.07) is 6.36. The molecule has 0 unspecified atom stereocenters. The summed E-state index contributed by atoms with van der Waals surface area (Å²) < 4.78 is 13.5. The maximum atomic E-state index is 13.5. The van der Waals surface area contributed by atoms with Gasteiger partial charge < -0.3 is 10.4 Å². The van der Waals surface area contributed by atoms with Gasteiger partial charge in [-0.2, -0.15) is 0 Å². The van der Waals surface area contributed by atoms with Crippen molar-refractivity contribution < 1.29 is 14.3 Å². The van der Waals surface area contributed by atoms with Gasteiger partial charge >= 0.3 is 0 Å². The zero-order valence-corrected chi connectivity index (χ0v) is 10.9. The van der Waals surface area contributed by atoms with Crippen LogP contribution in [0.1, 0.15) is 25.3 Å². The van der Waals surface area contributed by atoms with Gasteiger partial charge in [0.05, 0.1) is 6.61 Å². The lowest BCUT2D eigenvalue weighted by Crippen LogP contribution is -2.30. The van der Waals surface area contributed by atoms with Crippen LogP contribution < -0.4 is 5.32 Å². The fraction of sp³-hybridized carbons (Fsp3) is 0.400. The van der Waals surface area contributed by atoms with Crippen LogP contribution in [0.2, 0.25) is 0 Å². The Hall–Kier alpha value is -1.68. The second kappa shape index (κ2) is 5.53. The van der Waals surface area contributed by atoms with Crippen LogP contribution in [0.5, 0.6) is 0 Å². The third-order valence-electron chi connectivity index (χ3n) is 3.58. The van der Waals surface area contributed by atoms with Crippen molar-refractivity contribution >= 4 is 11.5 Å². The van der Waals surface area contributed by atoms with Crippen LogP contribution in [-0.4, -0.2) is 24.2 Å². The van der Waals surface area contributed by atoms with Gasteiger partial charge in [0.25, 0.3) is 0 Å². The summed E-state index contributed by atoms with van der Waals surface area (Å²) in [7, 11) is 0. The lowest BCUT2D eigenvalue weighted by Gasteiger charge is -2.11. The van der Waals surface area contributed by atoms with Crippen molar-refractivity contribution in [1.29, 1.82) is 0 Å². The number of allylic oxidation sites excluding steroid dienone is 1. The van der Waals surface area contributed by atoms with E-state index in [0.29, 0.717) is 17.7 Å². The molecule has 2 N–H and O–H groups in total. The molecule has 1 aliphatic carbocycles. The molecule has 0 radical (unpaired) electrons. The minimum Gasteiger partial charge on any atom is -0.396 e. The van der Waals surface area contributed by atoms with Crippen LogP contribution in [0.25, 0.3) is 5.57 Å². The zero-order chi connectivity index (χ0) is 13.9. The van der Waals surface area contributed by atoms with Crippen LogP contribution in [0, 0.1) is 11.2 Å². The van der Waals surface area contributed by atoms with Crippen LogP contribution in [0.3, 0.4) is 0 Å². The first-order valence-electron chi connectivity index (χ1n) is 6.38. The Bertz CT molecular complexity index is 507. The van der Waals surface area contributed by atoms with Crippen molar-refractivity contribution in [3.8, 4) is 0 Å². The third-order valence-corrected chi connectivity index (χ3v) is 3.58. The summed E-state index contributed by atoms with van der Waals surface area (Å²) in [5.41, 5.74) is 0.903. The summed E-state index contributed by atoms with van der Waals surface area (Å²) >= 11 is 0. The summed E-state index contributed by atoms with van der Waals surface area (Å²) in [5.74, 6) is -0.585. The molecule has 0 spiro atoms. The van der Waals surface area contributed by atoms with E-state index in [2.05, 4.69) is 5.32 Å². The molecule has 1 aliphatic rings. The SMILES string of the molecule is C/C(=C/C(=O)NCC1(CO)CC1)c1ccccc1F. The topological polar surface area (TPSA) is 49.3 Å². The smallest absolute Gasteiger partial charge is 0.244 e. The van der Waals surface area contributed by atoms with Gasteiger partial charge in [0, 0.05) is 23.6 Å². The number of amides is 1. The van der Waals surface area contributed by atoms with E-state index in [1.807, 2.05) is 0 Å². The molecule has 1 aromatic carbocycles. The first-order chi connectivity index (χ1) is 9.06. The number of benzene rings is 1. The van der Waals surface area contributed by atoms with E-state index >= 15 is 0 Å². The molecular formula is C15H18FNO2. The largest absolute Gasteiger partial charge is 0.396 e. The highest BCUT2D eigenvalue weighted by molar-refractivity contribution is 5.94. The number of carbonyl (C=O) groups is 1. The van der Waals surface area contributed by atoms with Crippen molar-refractivity contribution in [2.24, 2.45) is 5.41 Å². The quantitative estimate of drug-likeness (QED) is 0.799. The van der Waals surface area contributed by atoms with Gasteiger partial charge in [-0.1, -0.05) is 18.2 Å². The number of hydrogen-bond donors (Lipinski definition) is 2. The number of nitrogens with one attached hydrogen (secondary N) is 1. The summed E-state index contributed by atoms with van der Waals surface area (Å²) in [4.78, 5) is 11.7. The number of carbonyl (C=O) groups excluding carboxylic acids is 1. The first-order valence-corrected chi connectivity index (χ1v) is 6.38. The molecule has 0 aromatic heterocycles. The molecule has 1 aromatic rings. The number of aliphatic hydroxyl groups excluding tert-OH is 1. The highest BCUT2D eigenvalue weighted by atomic mass is 19.1. The Balaban J connectivity index is 1.97. The third kappa shape index (κ3) is 3.41. The summed E-state index contributed by atoms with van der Waals surface area (Å²) in [5, 5.41) is 11.9. The molecular weight excluding hydrogens is 245 g/mol. The van der Waals surface area contributed by atoms with Crippen LogP contribution in [0.4, 0.5) is 4.39 Å². The minimum absolute atomic E-state index is 0.100. The monoisotopic (exact) mass is 263 g/mol. The van der Waals surface area contributed by atoms with Crippen LogP contribution in [-0.2, 0) is 4.79 Å². The number of rotatable bonds is 5. The molecule has 0 aliphatic heterocycles. The van der Waals surface area contributed by atoms with Crippen molar-refractivity contribution in [3.63, 3.8) is 0 Å². The van der Waals surface area contributed by atoms with Crippen molar-refractivity contribution in [3.05, 3.63) is 41.7 Å². The van der Waals surface area contributed by atoms with E-state index in [4.69, 9.17) is 5.11 Å². The molecule has 0 saturated heterocycles. The Kier molecular flexibility index (Phi) is 4.00. The van der Waals surface area contributed by atoms with E-state index in [1.54, 1.807) is 25.1 Å². The lowest BCUT2D eigenvalue weighted by molar-refractivity contribution is -0.116.